The van der Waals surface area contributed by atoms with Crippen molar-refractivity contribution in [1.82, 2.24) is 15.2 Å². The van der Waals surface area contributed by atoms with E-state index in [1.54, 1.807) is 6.21 Å². The van der Waals surface area contributed by atoms with Crippen LogP contribution < -0.4 is 5.43 Å². The summed E-state index contributed by atoms with van der Waals surface area (Å²) in [5.41, 5.74) is 6.73. The zero-order valence-corrected chi connectivity index (χ0v) is 12.9. The highest BCUT2D eigenvalue weighted by atomic mass is 16.2. The normalized spacial score (nSPS) is 14.5. The summed E-state index contributed by atoms with van der Waals surface area (Å²) in [4.78, 5) is 11.6. The molecule has 1 heterocycles. The summed E-state index contributed by atoms with van der Waals surface area (Å²) in [5.74, 6) is 0.184. The molecule has 5 nitrogen and oxygen atoms in total. The summed E-state index contributed by atoms with van der Waals surface area (Å²) < 4.78 is 1.97. The zero-order chi connectivity index (χ0) is 15.5. The number of carbonyl (C=O) groups is 1. The molecule has 1 aliphatic carbocycles. The van der Waals surface area contributed by atoms with Crippen molar-refractivity contribution in [2.24, 2.45) is 11.0 Å². The van der Waals surface area contributed by atoms with Gasteiger partial charge in [-0.3, -0.25) is 9.48 Å². The Morgan fingerprint density at radius 2 is 2.09 bits per heavy atom. The lowest BCUT2D eigenvalue weighted by atomic mass is 10.2. The van der Waals surface area contributed by atoms with Gasteiger partial charge in [-0.2, -0.15) is 10.2 Å². The van der Waals surface area contributed by atoms with Gasteiger partial charge < -0.3 is 0 Å². The Kier molecular flexibility index (Phi) is 4.04. The Bertz CT molecular complexity index is 699. The summed E-state index contributed by atoms with van der Waals surface area (Å²) >= 11 is 0. The summed E-state index contributed by atoms with van der Waals surface area (Å²) in [7, 11) is 0. The molecule has 1 aliphatic rings. The molecule has 1 saturated carbocycles. The monoisotopic (exact) mass is 296 g/mol. The summed E-state index contributed by atoms with van der Waals surface area (Å²) in [5, 5.41) is 8.63. The fraction of sp³-hybridized carbons (Fsp3) is 0.353. The SMILES string of the molecule is Cc1nn(Cc2ccccc2)c(C)c1/C=N/NC(=O)C1CC1. The van der Waals surface area contributed by atoms with Gasteiger partial charge in [-0.1, -0.05) is 30.3 Å². The van der Waals surface area contributed by atoms with Gasteiger partial charge in [0.15, 0.2) is 0 Å². The van der Waals surface area contributed by atoms with E-state index in [1.807, 2.05) is 36.7 Å². The number of aromatic nitrogens is 2. The van der Waals surface area contributed by atoms with Gasteiger partial charge in [0.25, 0.3) is 0 Å². The van der Waals surface area contributed by atoms with Crippen LogP contribution >= 0.6 is 0 Å². The number of aryl methyl sites for hydroxylation is 1. The zero-order valence-electron chi connectivity index (χ0n) is 12.9. The average molecular weight is 296 g/mol. The molecular weight excluding hydrogens is 276 g/mol. The first-order chi connectivity index (χ1) is 10.6. The molecule has 0 atom stereocenters. The second kappa shape index (κ2) is 6.13. The van der Waals surface area contributed by atoms with E-state index >= 15 is 0 Å². The fourth-order valence-corrected chi connectivity index (χ4v) is 2.41. The van der Waals surface area contributed by atoms with E-state index in [-0.39, 0.29) is 11.8 Å². The number of amides is 1. The summed E-state index contributed by atoms with van der Waals surface area (Å²) in [6.07, 6.45) is 3.66. The van der Waals surface area contributed by atoms with E-state index in [2.05, 4.69) is 27.8 Å². The molecule has 0 aliphatic heterocycles. The second-order valence-corrected chi connectivity index (χ2v) is 5.74. The number of nitrogens with zero attached hydrogens (tertiary/aromatic N) is 3. The number of rotatable bonds is 5. The third kappa shape index (κ3) is 3.24. The van der Waals surface area contributed by atoms with Crippen molar-refractivity contribution in [3.05, 3.63) is 52.8 Å². The fourth-order valence-electron chi connectivity index (χ4n) is 2.41. The van der Waals surface area contributed by atoms with Crippen LogP contribution in [0.1, 0.15) is 35.4 Å². The third-order valence-corrected chi connectivity index (χ3v) is 3.93. The average Bonchev–Trinajstić information content (AvgIpc) is 3.32. The van der Waals surface area contributed by atoms with E-state index in [0.29, 0.717) is 0 Å². The smallest absolute Gasteiger partial charge is 0.243 e. The topological polar surface area (TPSA) is 59.3 Å². The number of hydrogen-bond donors (Lipinski definition) is 1. The van der Waals surface area contributed by atoms with Crippen LogP contribution in [0.2, 0.25) is 0 Å². The molecule has 0 spiro atoms. The number of nitrogens with one attached hydrogen (secondary N) is 1. The molecule has 3 rings (SSSR count). The number of hydrazone groups is 1. The van der Waals surface area contributed by atoms with Gasteiger partial charge in [-0.25, -0.2) is 5.43 Å². The highest BCUT2D eigenvalue weighted by molar-refractivity contribution is 5.85. The Labute approximate surface area is 130 Å². The third-order valence-electron chi connectivity index (χ3n) is 3.93. The van der Waals surface area contributed by atoms with E-state index in [9.17, 15) is 4.79 Å². The number of benzene rings is 1. The lowest BCUT2D eigenvalue weighted by Gasteiger charge is -2.04. The van der Waals surface area contributed by atoms with Gasteiger partial charge in [0.1, 0.15) is 0 Å². The standard InChI is InChI=1S/C17H20N4O/c1-12-16(10-18-19-17(22)15-8-9-15)13(2)21(20-12)11-14-6-4-3-5-7-14/h3-7,10,15H,8-9,11H2,1-2H3,(H,19,22)/b18-10+. The molecule has 0 radical (unpaired) electrons. The molecule has 1 N–H and O–H groups in total. The first-order valence-corrected chi connectivity index (χ1v) is 7.56. The van der Waals surface area contributed by atoms with Gasteiger partial charge >= 0.3 is 0 Å². The van der Waals surface area contributed by atoms with Crippen molar-refractivity contribution in [3.8, 4) is 0 Å². The lowest BCUT2D eigenvalue weighted by molar-refractivity contribution is -0.122. The van der Waals surface area contributed by atoms with Crippen molar-refractivity contribution in [1.29, 1.82) is 0 Å². The van der Waals surface area contributed by atoms with Crippen molar-refractivity contribution in [2.45, 2.75) is 33.2 Å². The van der Waals surface area contributed by atoms with Crippen LogP contribution in [0, 0.1) is 19.8 Å². The first-order valence-electron chi connectivity index (χ1n) is 7.56. The van der Waals surface area contributed by atoms with Crippen LogP contribution in [0.3, 0.4) is 0 Å². The Balaban J connectivity index is 1.72. The van der Waals surface area contributed by atoms with Crippen LogP contribution in [0.15, 0.2) is 35.4 Å². The molecule has 22 heavy (non-hydrogen) atoms. The van der Waals surface area contributed by atoms with Crippen LogP contribution in [-0.2, 0) is 11.3 Å². The van der Waals surface area contributed by atoms with Crippen molar-refractivity contribution >= 4 is 12.1 Å². The maximum absolute atomic E-state index is 11.6. The second-order valence-electron chi connectivity index (χ2n) is 5.74. The predicted molar refractivity (Wildman–Crippen MR) is 85.7 cm³/mol. The maximum Gasteiger partial charge on any atom is 0.243 e. The summed E-state index contributed by atoms with van der Waals surface area (Å²) in [6, 6.07) is 10.2. The van der Waals surface area contributed by atoms with Crippen LogP contribution in [-0.4, -0.2) is 21.9 Å². The van der Waals surface area contributed by atoms with Crippen molar-refractivity contribution in [3.63, 3.8) is 0 Å². The van der Waals surface area contributed by atoms with Crippen LogP contribution in [0.5, 0.6) is 0 Å². The van der Waals surface area contributed by atoms with E-state index in [4.69, 9.17) is 0 Å². The Morgan fingerprint density at radius 3 is 2.77 bits per heavy atom. The molecule has 0 saturated heterocycles. The number of hydrogen-bond acceptors (Lipinski definition) is 3. The molecule has 1 fully saturated rings. The van der Waals surface area contributed by atoms with E-state index < -0.39 is 0 Å². The summed E-state index contributed by atoms with van der Waals surface area (Å²) in [6.45, 7) is 4.71. The molecular formula is C17H20N4O. The minimum atomic E-state index is 0.0169. The van der Waals surface area contributed by atoms with Gasteiger partial charge in [-0.05, 0) is 32.3 Å². The predicted octanol–water partition coefficient (Wildman–Crippen LogP) is 2.41. The van der Waals surface area contributed by atoms with E-state index in [0.717, 1.165) is 36.3 Å². The van der Waals surface area contributed by atoms with Gasteiger partial charge in [0.05, 0.1) is 18.5 Å². The van der Waals surface area contributed by atoms with Gasteiger partial charge in [0, 0.05) is 17.2 Å². The van der Waals surface area contributed by atoms with Gasteiger partial charge in [-0.15, -0.1) is 0 Å². The minimum absolute atomic E-state index is 0.0169. The Morgan fingerprint density at radius 1 is 1.36 bits per heavy atom. The quantitative estimate of drug-likeness (QED) is 0.680. The Hall–Kier alpha value is -2.43. The van der Waals surface area contributed by atoms with Crippen LogP contribution in [0.4, 0.5) is 0 Å². The first kappa shape index (κ1) is 14.5. The van der Waals surface area contributed by atoms with Crippen molar-refractivity contribution in [2.75, 3.05) is 0 Å². The molecule has 1 amide bonds. The molecule has 0 unspecified atom stereocenters. The maximum atomic E-state index is 11.6. The molecule has 1 aromatic heterocycles. The lowest BCUT2D eigenvalue weighted by Crippen LogP contribution is -2.19. The van der Waals surface area contributed by atoms with Crippen LogP contribution in [0.25, 0.3) is 0 Å². The highest BCUT2D eigenvalue weighted by Gasteiger charge is 2.29. The highest BCUT2D eigenvalue weighted by Crippen LogP contribution is 2.28. The molecule has 0 bridgehead atoms. The van der Waals surface area contributed by atoms with Crippen molar-refractivity contribution < 1.29 is 4.79 Å². The minimum Gasteiger partial charge on any atom is -0.273 e. The van der Waals surface area contributed by atoms with Gasteiger partial charge in [0.2, 0.25) is 5.91 Å². The molecule has 1 aromatic carbocycles. The van der Waals surface area contributed by atoms with E-state index in [1.165, 1.54) is 5.56 Å². The molecule has 5 heteroatoms. The molecule has 114 valence electrons. The largest absolute Gasteiger partial charge is 0.273 e. The molecule has 2 aromatic rings. The number of carbonyl (C=O) groups excluding carboxylic acids is 1.